The highest BCUT2D eigenvalue weighted by atomic mass is 16.7. The van der Waals surface area contributed by atoms with Gasteiger partial charge in [0.2, 0.25) is 0 Å². The Labute approximate surface area is 260 Å². The van der Waals surface area contributed by atoms with Crippen molar-refractivity contribution >= 4 is 40.4 Å². The van der Waals surface area contributed by atoms with Gasteiger partial charge in [-0.2, -0.15) is 0 Å². The molecule has 0 N–H and O–H groups in total. The van der Waals surface area contributed by atoms with E-state index < -0.39 is 7.12 Å². The Morgan fingerprint density at radius 3 is 1.43 bits per heavy atom. The molecule has 1 fully saturated rings. The normalized spacial score (nSPS) is 15.4. The van der Waals surface area contributed by atoms with Gasteiger partial charge in [0, 0.05) is 17.1 Å². The van der Waals surface area contributed by atoms with Crippen molar-refractivity contribution in [3.8, 4) is 22.3 Å². The summed E-state index contributed by atoms with van der Waals surface area (Å²) in [6.07, 6.45) is 0. The van der Waals surface area contributed by atoms with Crippen molar-refractivity contribution in [3.05, 3.63) is 146 Å². The first-order valence-corrected chi connectivity index (χ1v) is 15.3. The summed E-state index contributed by atoms with van der Waals surface area (Å²) < 4.78 is 12.6. The number of hydrogen-bond donors (Lipinski definition) is 0. The molecule has 44 heavy (non-hydrogen) atoms. The van der Waals surface area contributed by atoms with Crippen LogP contribution in [-0.2, 0) is 9.31 Å². The van der Waals surface area contributed by atoms with Crippen molar-refractivity contribution in [1.82, 2.24) is 0 Å². The zero-order chi connectivity index (χ0) is 30.3. The van der Waals surface area contributed by atoms with Crippen LogP contribution in [0.1, 0.15) is 27.7 Å². The van der Waals surface area contributed by atoms with Crippen molar-refractivity contribution in [2.24, 2.45) is 0 Å². The smallest absolute Gasteiger partial charge is 0.399 e. The van der Waals surface area contributed by atoms with Crippen LogP contribution in [0.5, 0.6) is 0 Å². The molecule has 0 saturated carbocycles. The highest BCUT2D eigenvalue weighted by molar-refractivity contribution is 6.62. The van der Waals surface area contributed by atoms with Gasteiger partial charge < -0.3 is 14.2 Å². The number of hydrogen-bond acceptors (Lipinski definition) is 3. The maximum Gasteiger partial charge on any atom is 0.494 e. The first-order valence-electron chi connectivity index (χ1n) is 15.3. The lowest BCUT2D eigenvalue weighted by Gasteiger charge is -2.32. The maximum absolute atomic E-state index is 6.32. The molecule has 1 aliphatic heterocycles. The van der Waals surface area contributed by atoms with Crippen LogP contribution in [0.3, 0.4) is 0 Å². The summed E-state index contributed by atoms with van der Waals surface area (Å²) in [5.74, 6) is 0. The van der Waals surface area contributed by atoms with Crippen LogP contribution in [0.2, 0.25) is 0 Å². The average Bonchev–Trinajstić information content (AvgIpc) is 3.28. The van der Waals surface area contributed by atoms with Crippen LogP contribution < -0.4 is 10.4 Å². The molecule has 1 saturated heterocycles. The predicted molar refractivity (Wildman–Crippen MR) is 185 cm³/mol. The van der Waals surface area contributed by atoms with Crippen LogP contribution in [0, 0.1) is 0 Å². The minimum atomic E-state index is -0.395. The van der Waals surface area contributed by atoms with E-state index in [0.29, 0.717) is 0 Å². The largest absolute Gasteiger partial charge is 0.494 e. The van der Waals surface area contributed by atoms with E-state index in [9.17, 15) is 0 Å². The van der Waals surface area contributed by atoms with Crippen LogP contribution in [0.15, 0.2) is 146 Å². The lowest BCUT2D eigenvalue weighted by atomic mass is 9.79. The molecule has 3 nitrogen and oxygen atoms in total. The number of nitrogens with zero attached hydrogens (tertiary/aromatic N) is 1. The molecule has 216 valence electrons. The van der Waals surface area contributed by atoms with Crippen molar-refractivity contribution in [2.75, 3.05) is 4.90 Å². The maximum atomic E-state index is 6.32. The van der Waals surface area contributed by atoms with Crippen LogP contribution in [-0.4, -0.2) is 18.3 Å². The Hall–Kier alpha value is -4.64. The fraction of sp³-hybridized carbons (Fsp3) is 0.150. The minimum absolute atomic E-state index is 0.379. The molecular weight excluding hydrogens is 537 g/mol. The highest BCUT2D eigenvalue weighted by Crippen LogP contribution is 2.39. The summed E-state index contributed by atoms with van der Waals surface area (Å²) in [6, 6.07) is 51.8. The zero-order valence-electron chi connectivity index (χ0n) is 25.7. The van der Waals surface area contributed by atoms with E-state index in [0.717, 1.165) is 22.5 Å². The van der Waals surface area contributed by atoms with Gasteiger partial charge in [0.05, 0.1) is 11.2 Å². The number of benzene rings is 6. The van der Waals surface area contributed by atoms with Crippen molar-refractivity contribution in [1.29, 1.82) is 0 Å². The zero-order valence-corrected chi connectivity index (χ0v) is 25.7. The van der Waals surface area contributed by atoms with E-state index in [2.05, 4.69) is 178 Å². The van der Waals surface area contributed by atoms with Crippen LogP contribution in [0.25, 0.3) is 33.0 Å². The summed E-state index contributed by atoms with van der Waals surface area (Å²) in [7, 11) is -0.395. The predicted octanol–water partition coefficient (Wildman–Crippen LogP) is 9.94. The fourth-order valence-electron chi connectivity index (χ4n) is 5.81. The lowest BCUT2D eigenvalue weighted by molar-refractivity contribution is 0.00578. The van der Waals surface area contributed by atoms with Gasteiger partial charge in [-0.05, 0) is 109 Å². The lowest BCUT2D eigenvalue weighted by Crippen LogP contribution is -2.41. The van der Waals surface area contributed by atoms with Gasteiger partial charge in [-0.25, -0.2) is 0 Å². The molecular formula is C40H36BNO2. The molecule has 6 aromatic rings. The van der Waals surface area contributed by atoms with E-state index in [1.807, 2.05) is 0 Å². The third kappa shape index (κ3) is 5.32. The summed E-state index contributed by atoms with van der Waals surface area (Å²) in [4.78, 5) is 2.30. The first kappa shape index (κ1) is 28.2. The Morgan fingerprint density at radius 2 is 0.864 bits per heavy atom. The van der Waals surface area contributed by atoms with Crippen molar-refractivity contribution in [2.45, 2.75) is 38.9 Å². The van der Waals surface area contributed by atoms with Gasteiger partial charge in [-0.1, -0.05) is 103 Å². The summed E-state index contributed by atoms with van der Waals surface area (Å²) in [6.45, 7) is 8.35. The quantitative estimate of drug-likeness (QED) is 0.185. The molecule has 1 aliphatic rings. The molecule has 0 atom stereocenters. The summed E-state index contributed by atoms with van der Waals surface area (Å²) >= 11 is 0. The van der Waals surface area contributed by atoms with Gasteiger partial charge in [0.1, 0.15) is 0 Å². The molecule has 0 spiro atoms. The Morgan fingerprint density at radius 1 is 0.432 bits per heavy atom. The van der Waals surface area contributed by atoms with E-state index in [4.69, 9.17) is 9.31 Å². The standard InChI is InChI=1S/C40H36BNO2/c1-39(2)40(3,4)44-41(43-39)35-20-26-38(27-21-35)42(36-22-16-31(17-23-36)29-10-6-5-7-11-29)37-24-18-32(19-25-37)34-15-14-30-12-8-9-13-33(30)28-34/h5-28H,1-4H3. The molecule has 0 amide bonds. The third-order valence-electron chi connectivity index (χ3n) is 9.12. The molecule has 0 unspecified atom stereocenters. The van der Waals surface area contributed by atoms with Gasteiger partial charge >= 0.3 is 7.12 Å². The highest BCUT2D eigenvalue weighted by Gasteiger charge is 2.51. The Kier molecular flexibility index (Phi) is 7.12. The average molecular weight is 574 g/mol. The second-order valence-corrected chi connectivity index (χ2v) is 12.5. The first-order chi connectivity index (χ1) is 21.3. The molecule has 0 aliphatic carbocycles. The fourth-order valence-corrected chi connectivity index (χ4v) is 5.81. The van der Waals surface area contributed by atoms with Gasteiger partial charge in [0.25, 0.3) is 0 Å². The van der Waals surface area contributed by atoms with Crippen LogP contribution >= 0.6 is 0 Å². The molecule has 6 aromatic carbocycles. The van der Waals surface area contributed by atoms with Crippen molar-refractivity contribution < 1.29 is 9.31 Å². The molecule has 7 rings (SSSR count). The SMILES string of the molecule is CC1(C)OB(c2ccc(N(c3ccc(-c4ccccc4)cc3)c3ccc(-c4ccc5ccccc5c4)cc3)cc2)OC1(C)C. The Balaban J connectivity index is 1.23. The van der Waals surface area contributed by atoms with E-state index in [1.165, 1.54) is 33.0 Å². The second kappa shape index (κ2) is 11.1. The number of anilines is 3. The molecule has 0 aromatic heterocycles. The van der Waals surface area contributed by atoms with E-state index in [-0.39, 0.29) is 11.2 Å². The monoisotopic (exact) mass is 573 g/mol. The number of rotatable bonds is 6. The van der Waals surface area contributed by atoms with Gasteiger partial charge in [0.15, 0.2) is 0 Å². The van der Waals surface area contributed by atoms with Crippen molar-refractivity contribution in [3.63, 3.8) is 0 Å². The Bertz CT molecular complexity index is 1880. The molecule has 1 heterocycles. The summed E-state index contributed by atoms with van der Waals surface area (Å²) in [5, 5.41) is 2.50. The van der Waals surface area contributed by atoms with Crippen LogP contribution in [0.4, 0.5) is 17.1 Å². The van der Waals surface area contributed by atoms with E-state index >= 15 is 0 Å². The molecule has 4 heteroatoms. The molecule has 0 bridgehead atoms. The third-order valence-corrected chi connectivity index (χ3v) is 9.12. The second-order valence-electron chi connectivity index (χ2n) is 12.5. The van der Waals surface area contributed by atoms with E-state index in [1.54, 1.807) is 0 Å². The van der Waals surface area contributed by atoms with Gasteiger partial charge in [-0.15, -0.1) is 0 Å². The number of fused-ring (bicyclic) bond motifs is 1. The molecule has 0 radical (unpaired) electrons. The minimum Gasteiger partial charge on any atom is -0.399 e. The topological polar surface area (TPSA) is 21.7 Å². The summed E-state index contributed by atoms with van der Waals surface area (Å²) in [5.41, 5.74) is 8.29. The van der Waals surface area contributed by atoms with Gasteiger partial charge in [-0.3, -0.25) is 0 Å².